The molecule has 0 bridgehead atoms. The lowest BCUT2D eigenvalue weighted by Crippen LogP contribution is -1.97. The Morgan fingerprint density at radius 2 is 2.22 bits per heavy atom. The molecule has 27 heavy (non-hydrogen) atoms. The van der Waals surface area contributed by atoms with Crippen molar-refractivity contribution >= 4 is 24.1 Å². The highest BCUT2D eigenvalue weighted by Gasteiger charge is 2.19. The molecule has 9 nitrogen and oxygen atoms in total. The van der Waals surface area contributed by atoms with Crippen molar-refractivity contribution in [1.29, 1.82) is 0 Å². The lowest BCUT2D eigenvalue weighted by atomic mass is 10.2. The van der Waals surface area contributed by atoms with Gasteiger partial charge in [0.05, 0.1) is 18.2 Å². The zero-order chi connectivity index (χ0) is 19.6. The molecule has 3 aromatic rings. The number of ether oxygens (including phenoxy) is 1. The van der Waals surface area contributed by atoms with Crippen LogP contribution in [0.5, 0.6) is 11.5 Å². The predicted octanol–water partition coefficient (Wildman–Crippen LogP) is 3.25. The molecule has 1 heterocycles. The Labute approximate surface area is 156 Å². The van der Waals surface area contributed by atoms with Gasteiger partial charge in [-0.3, -0.25) is 10.1 Å². The Hall–Kier alpha value is -3.60. The van der Waals surface area contributed by atoms with E-state index in [9.17, 15) is 19.6 Å². The van der Waals surface area contributed by atoms with Crippen molar-refractivity contribution in [3.63, 3.8) is 0 Å². The number of nitrogens with zero attached hydrogens (tertiary/aromatic N) is 4. The molecular formula is C16H12FN5O4S. The van der Waals surface area contributed by atoms with Crippen molar-refractivity contribution in [2.24, 2.45) is 5.10 Å². The first-order valence-corrected chi connectivity index (χ1v) is 7.84. The average Bonchev–Trinajstić information content (AvgIpc) is 3.01. The predicted molar refractivity (Wildman–Crippen MR) is 97.1 cm³/mol. The Morgan fingerprint density at radius 3 is 2.89 bits per heavy atom. The number of aromatic amines is 1. The van der Waals surface area contributed by atoms with Gasteiger partial charge >= 0.3 is 5.69 Å². The average molecular weight is 389 g/mol. The van der Waals surface area contributed by atoms with Crippen LogP contribution in [0.15, 0.2) is 41.5 Å². The van der Waals surface area contributed by atoms with Crippen LogP contribution in [-0.2, 0) is 0 Å². The molecule has 0 saturated carbocycles. The third-order valence-corrected chi connectivity index (χ3v) is 3.81. The number of nitro groups is 1. The first kappa shape index (κ1) is 18.2. The number of methoxy groups -OCH3 is 1. The number of H-pyrrole nitrogens is 1. The maximum absolute atomic E-state index is 13.5. The van der Waals surface area contributed by atoms with Gasteiger partial charge in [-0.1, -0.05) is 12.1 Å². The highest BCUT2D eigenvalue weighted by Crippen LogP contribution is 2.36. The van der Waals surface area contributed by atoms with Crippen LogP contribution in [-0.4, -0.2) is 38.2 Å². The number of hydrogen-bond donors (Lipinski definition) is 2. The highest BCUT2D eigenvalue weighted by molar-refractivity contribution is 7.71. The fraction of sp³-hybridized carbons (Fsp3) is 0.0625. The minimum absolute atomic E-state index is 0.0770. The molecule has 0 saturated heterocycles. The summed E-state index contributed by atoms with van der Waals surface area (Å²) in [5.41, 5.74) is 0.190. The second-order valence-electron chi connectivity index (χ2n) is 5.27. The molecule has 0 aliphatic rings. The number of nitrogens with one attached hydrogen (secondary N) is 1. The molecule has 0 amide bonds. The number of benzene rings is 2. The first-order valence-electron chi connectivity index (χ1n) is 7.44. The van der Waals surface area contributed by atoms with Gasteiger partial charge in [-0.15, -0.1) is 0 Å². The quantitative estimate of drug-likeness (QED) is 0.299. The summed E-state index contributed by atoms with van der Waals surface area (Å²) in [6.07, 6.45) is 1.28. The molecule has 11 heteroatoms. The van der Waals surface area contributed by atoms with E-state index < -0.39 is 22.2 Å². The van der Waals surface area contributed by atoms with Crippen molar-refractivity contribution in [3.8, 4) is 22.9 Å². The monoisotopic (exact) mass is 389 g/mol. The van der Waals surface area contributed by atoms with E-state index in [1.54, 1.807) is 6.07 Å². The third kappa shape index (κ3) is 3.67. The summed E-state index contributed by atoms with van der Waals surface area (Å²) in [5, 5.41) is 31.6. The van der Waals surface area contributed by atoms with E-state index in [1.165, 1.54) is 42.3 Å². The molecule has 0 atom stereocenters. The fourth-order valence-electron chi connectivity index (χ4n) is 2.32. The van der Waals surface area contributed by atoms with Gasteiger partial charge in [-0.05, 0) is 30.4 Å². The van der Waals surface area contributed by atoms with Gasteiger partial charge in [-0.25, -0.2) is 9.49 Å². The standard InChI is InChI=1S/C16H12FN5O4S/c1-26-13-6-9(5-12(14(13)23)22(24)25)8-18-21-15(19-20-16(21)27)10-3-2-4-11(17)7-10/h2-8,23H,1H3,(H,20,27)/b18-8+. The van der Waals surface area contributed by atoms with E-state index in [-0.39, 0.29) is 21.9 Å². The Kier molecular flexibility index (Phi) is 4.94. The van der Waals surface area contributed by atoms with E-state index >= 15 is 0 Å². The van der Waals surface area contributed by atoms with Gasteiger partial charge in [0.15, 0.2) is 11.6 Å². The summed E-state index contributed by atoms with van der Waals surface area (Å²) in [7, 11) is 1.27. The van der Waals surface area contributed by atoms with Gasteiger partial charge in [0.25, 0.3) is 0 Å². The molecule has 0 radical (unpaired) electrons. The summed E-state index contributed by atoms with van der Waals surface area (Å²) in [6, 6.07) is 8.22. The van der Waals surface area contributed by atoms with Crippen molar-refractivity contribution in [1.82, 2.24) is 14.9 Å². The van der Waals surface area contributed by atoms with Gasteiger partial charge in [0.2, 0.25) is 10.5 Å². The molecule has 2 aromatic carbocycles. The Morgan fingerprint density at radius 1 is 1.44 bits per heavy atom. The lowest BCUT2D eigenvalue weighted by molar-refractivity contribution is -0.386. The van der Waals surface area contributed by atoms with Crippen LogP contribution in [0.3, 0.4) is 0 Å². The molecule has 0 aliphatic carbocycles. The number of nitro benzene ring substituents is 1. The molecule has 0 spiro atoms. The summed E-state index contributed by atoms with van der Waals surface area (Å²) in [4.78, 5) is 10.3. The largest absolute Gasteiger partial charge is 0.500 e. The van der Waals surface area contributed by atoms with E-state index in [0.29, 0.717) is 5.56 Å². The second kappa shape index (κ2) is 7.33. The maximum Gasteiger partial charge on any atom is 0.315 e. The number of halogens is 1. The molecule has 0 fully saturated rings. The molecule has 0 aliphatic heterocycles. The summed E-state index contributed by atoms with van der Waals surface area (Å²) in [6.45, 7) is 0. The number of phenolic OH excluding ortho intramolecular Hbond substituents is 1. The van der Waals surface area contributed by atoms with Crippen LogP contribution in [0.25, 0.3) is 11.4 Å². The lowest BCUT2D eigenvalue weighted by Gasteiger charge is -2.05. The van der Waals surface area contributed by atoms with E-state index in [4.69, 9.17) is 17.0 Å². The molecule has 3 rings (SSSR count). The van der Waals surface area contributed by atoms with Crippen LogP contribution in [0.4, 0.5) is 10.1 Å². The third-order valence-electron chi connectivity index (χ3n) is 3.55. The van der Waals surface area contributed by atoms with Crippen molar-refractivity contribution in [2.45, 2.75) is 0 Å². The molecule has 2 N–H and O–H groups in total. The van der Waals surface area contributed by atoms with Crippen LogP contribution < -0.4 is 4.74 Å². The summed E-state index contributed by atoms with van der Waals surface area (Å²) in [5.74, 6) is -0.848. The maximum atomic E-state index is 13.5. The Bertz CT molecular complexity index is 1110. The Balaban J connectivity index is 2.05. The smallest absolute Gasteiger partial charge is 0.315 e. The molecule has 138 valence electrons. The number of aromatic nitrogens is 3. The highest BCUT2D eigenvalue weighted by atomic mass is 32.1. The van der Waals surface area contributed by atoms with E-state index in [0.717, 1.165) is 6.07 Å². The van der Waals surface area contributed by atoms with Gasteiger partial charge in [-0.2, -0.15) is 14.9 Å². The number of hydrogen-bond acceptors (Lipinski definition) is 7. The SMILES string of the molecule is COc1cc(/C=N/n2c(-c3cccc(F)c3)n[nH]c2=S)cc([N+](=O)[O-])c1O. The summed E-state index contributed by atoms with van der Waals surface area (Å²) >= 11 is 5.12. The minimum atomic E-state index is -0.739. The van der Waals surface area contributed by atoms with E-state index in [2.05, 4.69) is 15.3 Å². The minimum Gasteiger partial charge on any atom is -0.500 e. The van der Waals surface area contributed by atoms with Crippen molar-refractivity contribution in [2.75, 3.05) is 7.11 Å². The van der Waals surface area contributed by atoms with Crippen LogP contribution in [0, 0.1) is 20.7 Å². The van der Waals surface area contributed by atoms with Crippen LogP contribution in [0.2, 0.25) is 0 Å². The van der Waals surface area contributed by atoms with E-state index in [1.807, 2.05) is 0 Å². The fourth-order valence-corrected chi connectivity index (χ4v) is 2.50. The van der Waals surface area contributed by atoms with Crippen molar-refractivity contribution in [3.05, 3.63) is 62.7 Å². The molecule has 1 aromatic heterocycles. The van der Waals surface area contributed by atoms with Gasteiger partial charge in [0.1, 0.15) is 5.82 Å². The number of rotatable bonds is 5. The van der Waals surface area contributed by atoms with Gasteiger partial charge < -0.3 is 9.84 Å². The second-order valence-corrected chi connectivity index (χ2v) is 5.65. The number of aromatic hydroxyl groups is 1. The van der Waals surface area contributed by atoms with Gasteiger partial charge in [0, 0.05) is 17.2 Å². The zero-order valence-electron chi connectivity index (χ0n) is 13.8. The van der Waals surface area contributed by atoms with Crippen molar-refractivity contribution < 1.29 is 19.2 Å². The first-order chi connectivity index (χ1) is 12.9. The molecule has 0 unspecified atom stereocenters. The van der Waals surface area contributed by atoms with Crippen LogP contribution in [0.1, 0.15) is 5.56 Å². The number of phenols is 1. The molecular weight excluding hydrogens is 377 g/mol. The topological polar surface area (TPSA) is 119 Å². The van der Waals surface area contributed by atoms with Crippen LogP contribution >= 0.6 is 12.2 Å². The normalized spacial score (nSPS) is 11.0. The summed E-state index contributed by atoms with van der Waals surface area (Å²) < 4.78 is 19.8. The zero-order valence-corrected chi connectivity index (χ0v) is 14.6.